The molecule has 0 bridgehead atoms. The van der Waals surface area contributed by atoms with E-state index in [1.165, 1.54) is 0 Å². The van der Waals surface area contributed by atoms with Crippen molar-refractivity contribution in [3.05, 3.63) is 0 Å². The average molecular weight is 326 g/mol. The Morgan fingerprint density at radius 3 is 1.43 bits per heavy atom. The Hall–Kier alpha value is -0.940. The predicted molar refractivity (Wildman–Crippen MR) is 85.9 cm³/mol. The highest BCUT2D eigenvalue weighted by atomic mass is 16.6. The Balaban J connectivity index is 2.08. The van der Waals surface area contributed by atoms with E-state index in [2.05, 4.69) is 13.8 Å². The lowest BCUT2D eigenvalue weighted by molar-refractivity contribution is -0.181. The zero-order valence-electron chi connectivity index (χ0n) is 14.5. The second-order valence-electron chi connectivity index (χ2n) is 6.96. The minimum Gasteiger partial charge on any atom is -0.392 e. The topological polar surface area (TPSA) is 61.8 Å². The highest BCUT2D eigenvalue weighted by molar-refractivity contribution is 5.91. The van der Waals surface area contributed by atoms with E-state index in [0.717, 1.165) is 25.7 Å². The molecule has 0 radical (unpaired) electrons. The van der Waals surface area contributed by atoms with Crippen LogP contribution >= 0.6 is 0 Å². The molecule has 2 fully saturated rings. The van der Waals surface area contributed by atoms with Gasteiger partial charge in [0, 0.05) is 26.4 Å². The molecule has 0 aliphatic carbocycles. The zero-order valence-corrected chi connectivity index (χ0v) is 14.5. The molecule has 0 spiro atoms. The van der Waals surface area contributed by atoms with Crippen LogP contribution in [-0.2, 0) is 23.8 Å². The molecular formula is C18H30O5. The molecule has 5 nitrogen and oxygen atoms in total. The molecule has 0 aromatic rings. The quantitative estimate of drug-likeness (QED) is 0.554. The van der Waals surface area contributed by atoms with Crippen molar-refractivity contribution in [1.29, 1.82) is 0 Å². The Bertz CT molecular complexity index is 357. The number of hydrogen-bond donors (Lipinski definition) is 0. The summed E-state index contributed by atoms with van der Waals surface area (Å²) in [4.78, 5) is 25.6. The summed E-state index contributed by atoms with van der Waals surface area (Å²) in [6, 6.07) is 0. The molecule has 0 saturated carbocycles. The Morgan fingerprint density at radius 2 is 1.13 bits per heavy atom. The summed E-state index contributed by atoms with van der Waals surface area (Å²) < 4.78 is 16.2. The number of hydrogen-bond acceptors (Lipinski definition) is 5. The van der Waals surface area contributed by atoms with Gasteiger partial charge in [-0.1, -0.05) is 26.7 Å². The van der Waals surface area contributed by atoms with E-state index in [1.54, 1.807) is 0 Å². The normalized spacial score (nSPS) is 23.2. The number of esters is 2. The third kappa shape index (κ3) is 4.13. The lowest BCUT2D eigenvalue weighted by Crippen LogP contribution is -2.44. The summed E-state index contributed by atoms with van der Waals surface area (Å²) in [5, 5.41) is 0. The van der Waals surface area contributed by atoms with Crippen molar-refractivity contribution in [3.63, 3.8) is 0 Å². The van der Waals surface area contributed by atoms with Crippen molar-refractivity contribution < 1.29 is 23.8 Å². The summed E-state index contributed by atoms with van der Waals surface area (Å²) in [6.45, 7) is 6.38. The molecule has 2 aliphatic rings. The fraction of sp³-hybridized carbons (Fsp3) is 0.889. The molecule has 0 N–H and O–H groups in total. The van der Waals surface area contributed by atoms with Crippen LogP contribution in [0.25, 0.3) is 0 Å². The van der Waals surface area contributed by atoms with Gasteiger partial charge in [-0.15, -0.1) is 0 Å². The van der Waals surface area contributed by atoms with Crippen LogP contribution in [0.2, 0.25) is 0 Å². The molecule has 0 aromatic carbocycles. The molecular weight excluding hydrogens is 296 g/mol. The Morgan fingerprint density at radius 1 is 0.783 bits per heavy atom. The summed E-state index contributed by atoms with van der Waals surface area (Å²) in [5.41, 5.74) is -1.08. The first-order valence-corrected chi connectivity index (χ1v) is 9.01. The maximum atomic E-state index is 12.8. The van der Waals surface area contributed by atoms with E-state index in [1.807, 2.05) is 0 Å². The highest BCUT2D eigenvalue weighted by Gasteiger charge is 2.46. The molecule has 0 aromatic heterocycles. The SMILES string of the molecule is CCCC1(C(=O)OC(=O)C2(CCC)CCOCC2)CCOCC1. The van der Waals surface area contributed by atoms with Gasteiger partial charge in [0.05, 0.1) is 10.8 Å². The lowest BCUT2D eigenvalue weighted by atomic mass is 9.75. The molecule has 2 rings (SSSR count). The van der Waals surface area contributed by atoms with Crippen molar-refractivity contribution in [2.45, 2.75) is 65.2 Å². The van der Waals surface area contributed by atoms with Gasteiger partial charge in [-0.25, -0.2) is 0 Å². The molecule has 5 heteroatoms. The van der Waals surface area contributed by atoms with Gasteiger partial charge in [-0.3, -0.25) is 9.59 Å². The van der Waals surface area contributed by atoms with Gasteiger partial charge in [0.2, 0.25) is 0 Å². The smallest absolute Gasteiger partial charge is 0.319 e. The summed E-state index contributed by atoms with van der Waals surface area (Å²) >= 11 is 0. The molecule has 2 heterocycles. The Kier molecular flexibility index (Phi) is 6.60. The predicted octanol–water partition coefficient (Wildman–Crippen LogP) is 3.25. The summed E-state index contributed by atoms with van der Waals surface area (Å²) in [5.74, 6) is -0.677. The van der Waals surface area contributed by atoms with Crippen molar-refractivity contribution >= 4 is 11.9 Å². The average Bonchev–Trinajstić information content (AvgIpc) is 2.57. The molecule has 23 heavy (non-hydrogen) atoms. The van der Waals surface area contributed by atoms with Gasteiger partial charge >= 0.3 is 11.9 Å². The number of carbonyl (C=O) groups excluding carboxylic acids is 2. The summed E-state index contributed by atoms with van der Waals surface area (Å²) in [7, 11) is 0. The first-order chi connectivity index (χ1) is 11.1. The van der Waals surface area contributed by atoms with E-state index in [-0.39, 0.29) is 11.9 Å². The maximum Gasteiger partial charge on any atom is 0.319 e. The number of ether oxygens (including phenoxy) is 3. The van der Waals surface area contributed by atoms with Crippen LogP contribution in [-0.4, -0.2) is 38.4 Å². The van der Waals surface area contributed by atoms with E-state index in [9.17, 15) is 9.59 Å². The maximum absolute atomic E-state index is 12.8. The lowest BCUT2D eigenvalue weighted by Gasteiger charge is -2.37. The van der Waals surface area contributed by atoms with E-state index in [0.29, 0.717) is 52.1 Å². The molecule has 0 atom stereocenters. The van der Waals surface area contributed by atoms with Crippen LogP contribution in [0, 0.1) is 10.8 Å². The third-order valence-electron chi connectivity index (χ3n) is 5.41. The van der Waals surface area contributed by atoms with Crippen LogP contribution in [0.15, 0.2) is 0 Å². The van der Waals surface area contributed by atoms with Crippen LogP contribution in [0.5, 0.6) is 0 Å². The molecule has 2 saturated heterocycles. The zero-order chi connectivity index (χ0) is 16.8. The van der Waals surface area contributed by atoms with Crippen molar-refractivity contribution in [3.8, 4) is 0 Å². The van der Waals surface area contributed by atoms with E-state index in [4.69, 9.17) is 14.2 Å². The van der Waals surface area contributed by atoms with E-state index < -0.39 is 10.8 Å². The molecule has 2 aliphatic heterocycles. The minimum absolute atomic E-state index is 0.338. The largest absolute Gasteiger partial charge is 0.392 e. The van der Waals surface area contributed by atoms with Gasteiger partial charge in [0.15, 0.2) is 0 Å². The minimum atomic E-state index is -0.540. The van der Waals surface area contributed by atoms with Gasteiger partial charge in [0.25, 0.3) is 0 Å². The second kappa shape index (κ2) is 8.25. The number of carbonyl (C=O) groups is 2. The van der Waals surface area contributed by atoms with Crippen LogP contribution in [0.1, 0.15) is 65.2 Å². The van der Waals surface area contributed by atoms with Crippen molar-refractivity contribution in [2.24, 2.45) is 10.8 Å². The number of rotatable bonds is 6. The Labute approximate surface area is 139 Å². The van der Waals surface area contributed by atoms with Gasteiger partial charge < -0.3 is 14.2 Å². The first kappa shape index (κ1) is 18.4. The van der Waals surface area contributed by atoms with Crippen LogP contribution < -0.4 is 0 Å². The van der Waals surface area contributed by atoms with Gasteiger partial charge in [-0.2, -0.15) is 0 Å². The second-order valence-corrected chi connectivity index (χ2v) is 6.96. The summed E-state index contributed by atoms with van der Waals surface area (Å²) in [6.07, 6.45) is 5.91. The van der Waals surface area contributed by atoms with E-state index >= 15 is 0 Å². The third-order valence-corrected chi connectivity index (χ3v) is 5.41. The fourth-order valence-corrected chi connectivity index (χ4v) is 3.89. The fourth-order valence-electron chi connectivity index (χ4n) is 3.89. The monoisotopic (exact) mass is 326 g/mol. The highest BCUT2D eigenvalue weighted by Crippen LogP contribution is 2.40. The van der Waals surface area contributed by atoms with Crippen LogP contribution in [0.4, 0.5) is 0 Å². The van der Waals surface area contributed by atoms with Gasteiger partial charge in [0.1, 0.15) is 0 Å². The standard InChI is InChI=1S/C18H30O5/c1-3-5-17(7-11-21-12-8-17)15(19)23-16(20)18(6-4-2)9-13-22-14-10-18/h3-14H2,1-2H3. The van der Waals surface area contributed by atoms with Crippen molar-refractivity contribution in [1.82, 2.24) is 0 Å². The van der Waals surface area contributed by atoms with Crippen molar-refractivity contribution in [2.75, 3.05) is 26.4 Å². The first-order valence-electron chi connectivity index (χ1n) is 9.01. The molecule has 0 amide bonds. The van der Waals surface area contributed by atoms with Crippen LogP contribution in [0.3, 0.4) is 0 Å². The molecule has 132 valence electrons. The van der Waals surface area contributed by atoms with Gasteiger partial charge in [-0.05, 0) is 38.5 Å². The molecule has 0 unspecified atom stereocenters.